The van der Waals surface area contributed by atoms with E-state index in [1.807, 2.05) is 12.2 Å². The number of allylic oxidation sites excluding steroid dienone is 3. The summed E-state index contributed by atoms with van der Waals surface area (Å²) < 4.78 is 0. The van der Waals surface area contributed by atoms with Crippen molar-refractivity contribution in [1.82, 2.24) is 4.90 Å². The molecule has 0 saturated heterocycles. The van der Waals surface area contributed by atoms with Gasteiger partial charge in [0.05, 0.1) is 0 Å². The summed E-state index contributed by atoms with van der Waals surface area (Å²) in [5, 5.41) is 0. The first kappa shape index (κ1) is 9.27. The van der Waals surface area contributed by atoms with Gasteiger partial charge in [0.1, 0.15) is 0 Å². The van der Waals surface area contributed by atoms with Crippen LogP contribution in [0, 0.1) is 0 Å². The summed E-state index contributed by atoms with van der Waals surface area (Å²) in [4.78, 5) is 2.35. The van der Waals surface area contributed by atoms with Crippen molar-refractivity contribution < 1.29 is 0 Å². The normalized spacial score (nSPS) is 20.5. The van der Waals surface area contributed by atoms with Crippen LogP contribution in [0.25, 0.3) is 0 Å². The summed E-state index contributed by atoms with van der Waals surface area (Å²) in [6, 6.07) is 0. The molecule has 0 aromatic carbocycles. The third kappa shape index (κ3) is 2.35. The van der Waals surface area contributed by atoms with Gasteiger partial charge in [-0.3, -0.25) is 0 Å². The average Bonchev–Trinajstić information content (AvgIpc) is 2.03. The van der Waals surface area contributed by atoms with Gasteiger partial charge in [0.25, 0.3) is 0 Å². The van der Waals surface area contributed by atoms with Crippen molar-refractivity contribution in [3.05, 3.63) is 36.0 Å². The van der Waals surface area contributed by atoms with Gasteiger partial charge in [0.2, 0.25) is 0 Å². The highest BCUT2D eigenvalue weighted by molar-refractivity contribution is 5.29. The Hall–Kier alpha value is -0.820. The quantitative estimate of drug-likeness (QED) is 0.565. The molecule has 0 bridgehead atoms. The van der Waals surface area contributed by atoms with Gasteiger partial charge in [-0.2, -0.15) is 0 Å². The second kappa shape index (κ2) is 4.27. The molecule has 0 N–H and O–H groups in total. The van der Waals surface area contributed by atoms with Gasteiger partial charge in [-0.25, -0.2) is 0 Å². The fourth-order valence-corrected chi connectivity index (χ4v) is 1.52. The Kier molecular flexibility index (Phi) is 3.30. The Morgan fingerprint density at radius 3 is 2.83 bits per heavy atom. The van der Waals surface area contributed by atoms with Gasteiger partial charge in [-0.15, -0.1) is 0 Å². The highest BCUT2D eigenvalue weighted by Crippen LogP contribution is 2.17. The van der Waals surface area contributed by atoms with E-state index in [1.54, 1.807) is 0 Å². The molecule has 0 unspecified atom stereocenters. The van der Waals surface area contributed by atoms with Gasteiger partial charge in [-0.05, 0) is 26.0 Å². The molecular formula is C11H17N. The maximum atomic E-state index is 3.67. The molecule has 1 nitrogen and oxygen atoms in total. The predicted molar refractivity (Wildman–Crippen MR) is 54.2 cm³/mol. The van der Waals surface area contributed by atoms with Gasteiger partial charge >= 0.3 is 0 Å². The minimum Gasteiger partial charge on any atom is -0.302 e. The van der Waals surface area contributed by atoms with Crippen molar-refractivity contribution in [2.24, 2.45) is 0 Å². The molecule has 0 atom stereocenters. The third-order valence-electron chi connectivity index (χ3n) is 2.25. The van der Waals surface area contributed by atoms with Crippen LogP contribution in [0.3, 0.4) is 0 Å². The Labute approximate surface area is 75.1 Å². The van der Waals surface area contributed by atoms with Crippen LogP contribution >= 0.6 is 0 Å². The van der Waals surface area contributed by atoms with Crippen molar-refractivity contribution in [2.45, 2.75) is 13.3 Å². The molecule has 0 amide bonds. The van der Waals surface area contributed by atoms with Gasteiger partial charge < -0.3 is 4.90 Å². The molecule has 0 radical (unpaired) electrons. The van der Waals surface area contributed by atoms with Crippen molar-refractivity contribution in [2.75, 3.05) is 20.1 Å². The van der Waals surface area contributed by atoms with Crippen LogP contribution in [0.1, 0.15) is 13.3 Å². The van der Waals surface area contributed by atoms with Gasteiger partial charge in [0, 0.05) is 13.1 Å². The van der Waals surface area contributed by atoms with E-state index in [0.717, 1.165) is 6.54 Å². The zero-order chi connectivity index (χ0) is 8.97. The molecular weight excluding hydrogens is 146 g/mol. The smallest absolute Gasteiger partial charge is 0.0193 e. The van der Waals surface area contributed by atoms with E-state index in [-0.39, 0.29) is 0 Å². The summed E-state index contributed by atoms with van der Waals surface area (Å²) >= 11 is 0. The third-order valence-corrected chi connectivity index (χ3v) is 2.25. The van der Waals surface area contributed by atoms with Crippen LogP contribution < -0.4 is 0 Å². The van der Waals surface area contributed by atoms with Crippen LogP contribution in [0.15, 0.2) is 36.0 Å². The van der Waals surface area contributed by atoms with E-state index in [2.05, 4.69) is 31.5 Å². The molecule has 0 aromatic rings. The van der Waals surface area contributed by atoms with E-state index < -0.39 is 0 Å². The standard InChI is InChI=1S/C11H17N/c1-4-5-6-11-7-8-12(3)9-10(11)2/h4-6H,1,7-9H2,2-3H3/b6-5-. The predicted octanol–water partition coefficient (Wildman–Crippen LogP) is 2.38. The first-order valence-corrected chi connectivity index (χ1v) is 4.40. The minimum absolute atomic E-state index is 1.11. The molecule has 0 fully saturated rings. The summed E-state index contributed by atoms with van der Waals surface area (Å²) in [6.45, 7) is 8.15. The maximum absolute atomic E-state index is 3.67. The number of rotatable bonds is 2. The minimum atomic E-state index is 1.11. The molecule has 0 spiro atoms. The first-order valence-electron chi connectivity index (χ1n) is 4.40. The van der Waals surface area contributed by atoms with Crippen molar-refractivity contribution in [3.8, 4) is 0 Å². The van der Waals surface area contributed by atoms with E-state index in [4.69, 9.17) is 0 Å². The Balaban J connectivity index is 2.68. The van der Waals surface area contributed by atoms with E-state index in [0.29, 0.717) is 0 Å². The second-order valence-electron chi connectivity index (χ2n) is 3.39. The fraction of sp³-hybridized carbons (Fsp3) is 0.455. The van der Waals surface area contributed by atoms with Gasteiger partial charge in [0.15, 0.2) is 0 Å². The van der Waals surface area contributed by atoms with Crippen LogP contribution in [0.5, 0.6) is 0 Å². The van der Waals surface area contributed by atoms with Crippen LogP contribution in [-0.4, -0.2) is 25.0 Å². The first-order chi connectivity index (χ1) is 5.74. The summed E-state index contributed by atoms with van der Waals surface area (Å²) in [6.07, 6.45) is 7.20. The van der Waals surface area contributed by atoms with E-state index in [9.17, 15) is 0 Å². The number of nitrogens with zero attached hydrogens (tertiary/aromatic N) is 1. The summed E-state index contributed by atoms with van der Waals surface area (Å²) in [5.41, 5.74) is 2.97. The van der Waals surface area contributed by atoms with Crippen LogP contribution in [0.2, 0.25) is 0 Å². The van der Waals surface area contributed by atoms with Crippen molar-refractivity contribution >= 4 is 0 Å². The molecule has 0 saturated carbocycles. The lowest BCUT2D eigenvalue weighted by molar-refractivity contribution is 0.350. The average molecular weight is 163 g/mol. The molecule has 0 aliphatic carbocycles. The molecule has 1 rings (SSSR count). The van der Waals surface area contributed by atoms with Crippen molar-refractivity contribution in [1.29, 1.82) is 0 Å². The van der Waals surface area contributed by atoms with Crippen molar-refractivity contribution in [3.63, 3.8) is 0 Å². The molecule has 1 aliphatic heterocycles. The molecule has 1 heterocycles. The lowest BCUT2D eigenvalue weighted by Gasteiger charge is -2.24. The maximum Gasteiger partial charge on any atom is 0.0193 e. The Morgan fingerprint density at radius 2 is 2.25 bits per heavy atom. The van der Waals surface area contributed by atoms with Crippen LogP contribution in [-0.2, 0) is 0 Å². The zero-order valence-corrected chi connectivity index (χ0v) is 8.01. The summed E-state index contributed by atoms with van der Waals surface area (Å²) in [7, 11) is 2.16. The molecule has 1 aliphatic rings. The molecule has 1 heteroatoms. The monoisotopic (exact) mass is 163 g/mol. The van der Waals surface area contributed by atoms with Crippen LogP contribution in [0.4, 0.5) is 0 Å². The SMILES string of the molecule is C=C/C=C\C1=C(C)CN(C)CC1. The number of hydrogen-bond donors (Lipinski definition) is 0. The highest BCUT2D eigenvalue weighted by Gasteiger charge is 2.09. The highest BCUT2D eigenvalue weighted by atomic mass is 15.1. The topological polar surface area (TPSA) is 3.24 Å². The lowest BCUT2D eigenvalue weighted by atomic mass is 10.0. The lowest BCUT2D eigenvalue weighted by Crippen LogP contribution is -2.26. The fourth-order valence-electron chi connectivity index (χ4n) is 1.52. The number of hydrogen-bond acceptors (Lipinski definition) is 1. The van der Waals surface area contributed by atoms with E-state index in [1.165, 1.54) is 24.1 Å². The largest absolute Gasteiger partial charge is 0.302 e. The molecule has 66 valence electrons. The molecule has 12 heavy (non-hydrogen) atoms. The summed E-state index contributed by atoms with van der Waals surface area (Å²) in [5.74, 6) is 0. The second-order valence-corrected chi connectivity index (χ2v) is 3.39. The number of likely N-dealkylation sites (N-methyl/N-ethyl adjacent to an activating group) is 1. The molecule has 0 aromatic heterocycles. The van der Waals surface area contributed by atoms with E-state index >= 15 is 0 Å². The Bertz CT molecular complexity index is 223. The van der Waals surface area contributed by atoms with Gasteiger partial charge in [-0.1, -0.05) is 30.4 Å². The Morgan fingerprint density at radius 1 is 1.50 bits per heavy atom. The zero-order valence-electron chi connectivity index (χ0n) is 8.01.